The average molecular weight is 219 g/mol. The van der Waals surface area contributed by atoms with E-state index >= 15 is 0 Å². The van der Waals surface area contributed by atoms with Gasteiger partial charge in [-0.3, -0.25) is 0 Å². The van der Waals surface area contributed by atoms with Gasteiger partial charge in [-0.25, -0.2) is 4.98 Å². The van der Waals surface area contributed by atoms with Crippen LogP contribution in [0.25, 0.3) is 0 Å². The molecular weight excluding hydrogens is 206 g/mol. The fourth-order valence-corrected chi connectivity index (χ4v) is 1.39. The van der Waals surface area contributed by atoms with Gasteiger partial charge in [0, 0.05) is 19.0 Å². The Balaban J connectivity index is 2.04. The van der Waals surface area contributed by atoms with Crippen LogP contribution in [0.15, 0.2) is 6.20 Å². The van der Waals surface area contributed by atoms with Crippen molar-refractivity contribution in [1.29, 1.82) is 0 Å². The minimum Gasteiger partial charge on any atom is -0.368 e. The fraction of sp³-hybridized carbons (Fsp3) is 0.333. The fourth-order valence-electron chi connectivity index (χ4n) is 1.39. The van der Waals surface area contributed by atoms with Gasteiger partial charge in [0.1, 0.15) is 11.6 Å². The van der Waals surface area contributed by atoms with Crippen molar-refractivity contribution < 1.29 is 0 Å². The Labute approximate surface area is 92.4 Å². The number of imidazole rings is 1. The number of nitrogens with zero attached hydrogens (tertiary/aromatic N) is 4. The maximum absolute atomic E-state index is 5.47. The summed E-state index contributed by atoms with van der Waals surface area (Å²) in [5.41, 5.74) is 11.9. The Morgan fingerprint density at radius 3 is 2.31 bits per heavy atom. The van der Waals surface area contributed by atoms with Gasteiger partial charge in [0.15, 0.2) is 0 Å². The molecule has 0 aliphatic rings. The third kappa shape index (κ3) is 2.44. The van der Waals surface area contributed by atoms with Crippen molar-refractivity contribution in [3.05, 3.63) is 23.5 Å². The van der Waals surface area contributed by atoms with Crippen molar-refractivity contribution in [1.82, 2.24) is 24.9 Å². The predicted molar refractivity (Wildman–Crippen MR) is 59.4 cm³/mol. The van der Waals surface area contributed by atoms with Gasteiger partial charge >= 0.3 is 0 Å². The van der Waals surface area contributed by atoms with Crippen LogP contribution in [-0.2, 0) is 12.8 Å². The first kappa shape index (κ1) is 10.3. The van der Waals surface area contributed by atoms with E-state index in [9.17, 15) is 0 Å². The van der Waals surface area contributed by atoms with Gasteiger partial charge in [-0.15, -0.1) is 0 Å². The van der Waals surface area contributed by atoms with Crippen molar-refractivity contribution in [2.75, 3.05) is 11.5 Å². The lowest BCUT2D eigenvalue weighted by atomic mass is 10.3. The largest absolute Gasteiger partial charge is 0.368 e. The van der Waals surface area contributed by atoms with Gasteiger partial charge in [0.05, 0.1) is 5.69 Å². The second kappa shape index (κ2) is 4.13. The molecule has 0 saturated heterocycles. The van der Waals surface area contributed by atoms with E-state index in [0.717, 1.165) is 17.9 Å². The average Bonchev–Trinajstić information content (AvgIpc) is 2.60. The molecule has 0 atom stereocenters. The normalized spacial score (nSPS) is 10.6. The summed E-state index contributed by atoms with van der Waals surface area (Å²) in [6.07, 6.45) is 3.20. The first-order valence-electron chi connectivity index (χ1n) is 4.90. The Hall–Kier alpha value is -2.18. The number of aromatic nitrogens is 5. The molecule has 7 heteroatoms. The van der Waals surface area contributed by atoms with Crippen molar-refractivity contribution in [2.45, 2.75) is 19.8 Å². The number of H-pyrrole nitrogens is 1. The summed E-state index contributed by atoms with van der Waals surface area (Å²) >= 11 is 0. The van der Waals surface area contributed by atoms with Gasteiger partial charge in [-0.05, 0) is 6.92 Å². The second-order valence-electron chi connectivity index (χ2n) is 3.46. The molecule has 0 saturated carbocycles. The van der Waals surface area contributed by atoms with Crippen molar-refractivity contribution in [3.8, 4) is 0 Å². The molecule has 5 N–H and O–H groups in total. The summed E-state index contributed by atoms with van der Waals surface area (Å²) in [4.78, 5) is 19.0. The van der Waals surface area contributed by atoms with E-state index < -0.39 is 0 Å². The first-order chi connectivity index (χ1) is 7.63. The number of nitrogens with one attached hydrogen (secondary N) is 1. The van der Waals surface area contributed by atoms with Crippen molar-refractivity contribution >= 4 is 11.9 Å². The lowest BCUT2D eigenvalue weighted by Gasteiger charge is -2.00. The highest BCUT2D eigenvalue weighted by Crippen LogP contribution is 2.03. The third-order valence-corrected chi connectivity index (χ3v) is 2.06. The zero-order valence-corrected chi connectivity index (χ0v) is 8.94. The number of nitrogen functional groups attached to an aromatic ring is 2. The number of anilines is 2. The minimum atomic E-state index is 0.151. The van der Waals surface area contributed by atoms with Gasteiger partial charge in [-0.2, -0.15) is 15.0 Å². The van der Waals surface area contributed by atoms with Crippen LogP contribution in [0.2, 0.25) is 0 Å². The first-order valence-corrected chi connectivity index (χ1v) is 4.90. The Morgan fingerprint density at radius 1 is 1.06 bits per heavy atom. The Kier molecular flexibility index (Phi) is 2.67. The number of hydrogen-bond acceptors (Lipinski definition) is 6. The molecule has 0 amide bonds. The maximum Gasteiger partial charge on any atom is 0.225 e. The molecule has 0 spiro atoms. The van der Waals surface area contributed by atoms with E-state index in [-0.39, 0.29) is 11.9 Å². The summed E-state index contributed by atoms with van der Waals surface area (Å²) in [7, 11) is 0. The molecule has 2 heterocycles. The van der Waals surface area contributed by atoms with Gasteiger partial charge in [0.2, 0.25) is 11.9 Å². The van der Waals surface area contributed by atoms with Crippen LogP contribution in [0.1, 0.15) is 17.3 Å². The van der Waals surface area contributed by atoms with Gasteiger partial charge < -0.3 is 16.5 Å². The number of aromatic amines is 1. The van der Waals surface area contributed by atoms with Crippen LogP contribution in [0.5, 0.6) is 0 Å². The summed E-state index contributed by atoms with van der Waals surface area (Å²) in [6.45, 7) is 1.93. The van der Waals surface area contributed by atoms with Gasteiger partial charge in [0.25, 0.3) is 0 Å². The molecular formula is C9H13N7. The second-order valence-corrected chi connectivity index (χ2v) is 3.46. The number of nitrogens with two attached hydrogens (primary N) is 2. The Morgan fingerprint density at radius 2 is 1.75 bits per heavy atom. The maximum atomic E-state index is 5.47. The topological polar surface area (TPSA) is 119 Å². The molecule has 84 valence electrons. The standard InChI is InChI=1S/C9H13N7/c1-5-4-12-6(13-5)2-3-7-14-8(10)16-9(11)15-7/h4H,2-3H2,1H3,(H,12,13)(H4,10,11,14,15,16). The van der Waals surface area contributed by atoms with E-state index in [4.69, 9.17) is 11.5 Å². The SMILES string of the molecule is Cc1c[nH]c(CCc2nc(N)nc(N)n2)n1. The molecule has 16 heavy (non-hydrogen) atoms. The van der Waals surface area contributed by atoms with Crippen LogP contribution >= 0.6 is 0 Å². The highest BCUT2D eigenvalue weighted by molar-refractivity contribution is 5.25. The quantitative estimate of drug-likeness (QED) is 0.660. The lowest BCUT2D eigenvalue weighted by Crippen LogP contribution is -2.08. The molecule has 0 aliphatic carbocycles. The van der Waals surface area contributed by atoms with Crippen LogP contribution in [0.4, 0.5) is 11.9 Å². The van der Waals surface area contributed by atoms with E-state index in [1.807, 2.05) is 13.1 Å². The molecule has 0 unspecified atom stereocenters. The number of rotatable bonds is 3. The van der Waals surface area contributed by atoms with E-state index in [1.165, 1.54) is 0 Å². The molecule has 0 bridgehead atoms. The van der Waals surface area contributed by atoms with Crippen LogP contribution in [0, 0.1) is 6.92 Å². The summed E-state index contributed by atoms with van der Waals surface area (Å²) < 4.78 is 0. The molecule has 2 aromatic heterocycles. The number of hydrogen-bond donors (Lipinski definition) is 3. The Bertz CT molecular complexity index is 470. The van der Waals surface area contributed by atoms with Gasteiger partial charge in [-0.1, -0.05) is 0 Å². The molecule has 0 fully saturated rings. The lowest BCUT2D eigenvalue weighted by molar-refractivity contribution is 0.811. The van der Waals surface area contributed by atoms with E-state index in [1.54, 1.807) is 0 Å². The molecule has 0 radical (unpaired) electrons. The van der Waals surface area contributed by atoms with Crippen LogP contribution in [0.3, 0.4) is 0 Å². The third-order valence-electron chi connectivity index (χ3n) is 2.06. The smallest absolute Gasteiger partial charge is 0.225 e. The highest BCUT2D eigenvalue weighted by atomic mass is 15.1. The zero-order chi connectivity index (χ0) is 11.5. The predicted octanol–water partition coefficient (Wildman–Crippen LogP) is -0.147. The van der Waals surface area contributed by atoms with Crippen molar-refractivity contribution in [3.63, 3.8) is 0 Å². The molecule has 0 aliphatic heterocycles. The van der Waals surface area contributed by atoms with Crippen LogP contribution in [-0.4, -0.2) is 24.9 Å². The highest BCUT2D eigenvalue weighted by Gasteiger charge is 2.04. The van der Waals surface area contributed by atoms with E-state index in [0.29, 0.717) is 12.2 Å². The minimum absolute atomic E-state index is 0.151. The van der Waals surface area contributed by atoms with E-state index in [2.05, 4.69) is 24.9 Å². The zero-order valence-electron chi connectivity index (χ0n) is 8.94. The van der Waals surface area contributed by atoms with Crippen LogP contribution < -0.4 is 11.5 Å². The number of aryl methyl sites for hydroxylation is 3. The summed E-state index contributed by atoms with van der Waals surface area (Å²) in [5.74, 6) is 1.78. The monoisotopic (exact) mass is 219 g/mol. The molecule has 7 nitrogen and oxygen atoms in total. The molecule has 0 aromatic carbocycles. The summed E-state index contributed by atoms with van der Waals surface area (Å²) in [6, 6.07) is 0. The van der Waals surface area contributed by atoms with Crippen molar-refractivity contribution in [2.24, 2.45) is 0 Å². The summed E-state index contributed by atoms with van der Waals surface area (Å²) in [5, 5.41) is 0. The molecule has 2 rings (SSSR count). The molecule has 2 aromatic rings.